The lowest BCUT2D eigenvalue weighted by molar-refractivity contribution is 0.538. The second-order valence-electron chi connectivity index (χ2n) is 7.26. The van der Waals surface area contributed by atoms with Crippen LogP contribution in [0.15, 0.2) is 51.1 Å². The van der Waals surface area contributed by atoms with Crippen LogP contribution in [0.2, 0.25) is 0 Å². The van der Waals surface area contributed by atoms with Crippen molar-refractivity contribution in [1.29, 1.82) is 0 Å². The molecule has 0 aliphatic rings. The molecule has 28 heavy (non-hydrogen) atoms. The molecule has 0 aliphatic heterocycles. The molecule has 3 aromatic heterocycles. The molecular weight excluding hydrogens is 408 g/mol. The normalized spacial score (nSPS) is 12.0. The van der Waals surface area contributed by atoms with Crippen LogP contribution in [0.25, 0.3) is 10.2 Å². The van der Waals surface area contributed by atoms with Gasteiger partial charge in [0.2, 0.25) is 0 Å². The minimum atomic E-state index is -0.0878. The second-order valence-corrected chi connectivity index (χ2v) is 10.5. The van der Waals surface area contributed by atoms with E-state index in [4.69, 9.17) is 0 Å². The lowest BCUT2D eigenvalue weighted by Gasteiger charge is -2.16. The minimum Gasteiger partial charge on any atom is -0.308 e. The van der Waals surface area contributed by atoms with Gasteiger partial charge in [0.05, 0.1) is 16.0 Å². The number of para-hydroxylation sites is 1. The molecule has 4 rings (SSSR count). The average molecular weight is 429 g/mol. The maximum Gasteiger partial charge on any atom is 0.197 e. The molecule has 4 aromatic rings. The van der Waals surface area contributed by atoms with Gasteiger partial charge >= 0.3 is 0 Å². The van der Waals surface area contributed by atoms with Crippen molar-refractivity contribution < 1.29 is 0 Å². The number of aromatic nitrogens is 6. The van der Waals surface area contributed by atoms with E-state index in [1.165, 1.54) is 16.5 Å². The largest absolute Gasteiger partial charge is 0.308 e. The van der Waals surface area contributed by atoms with E-state index < -0.39 is 0 Å². The predicted molar refractivity (Wildman–Crippen MR) is 115 cm³/mol. The topological polar surface area (TPSA) is 69.4 Å². The molecule has 0 fully saturated rings. The average Bonchev–Trinajstić information content (AvgIpc) is 3.23. The van der Waals surface area contributed by atoms with Crippen molar-refractivity contribution >= 4 is 45.1 Å². The molecule has 6 nitrogen and oxygen atoms in total. The molecule has 0 bridgehead atoms. The summed E-state index contributed by atoms with van der Waals surface area (Å²) in [5.74, 6) is 2.46. The standard InChI is InChI=1S/C19H20N6S3/c1-19(2,3)16-20-10-9-15(22-16)28-17-24-23-14(25(17)4)11-26-18-21-12-7-5-6-8-13(12)27-18/h5-10H,11H2,1-4H3. The first-order valence-corrected chi connectivity index (χ1v) is 11.4. The number of rotatable bonds is 5. The molecule has 144 valence electrons. The fraction of sp³-hybridized carbons (Fsp3) is 0.316. The second kappa shape index (κ2) is 7.81. The Kier molecular flexibility index (Phi) is 5.39. The Morgan fingerprint density at radius 3 is 2.68 bits per heavy atom. The molecule has 3 heterocycles. The Morgan fingerprint density at radius 2 is 1.89 bits per heavy atom. The number of thioether (sulfide) groups is 1. The van der Waals surface area contributed by atoms with Crippen molar-refractivity contribution in [1.82, 2.24) is 29.7 Å². The molecule has 9 heteroatoms. The third-order valence-electron chi connectivity index (χ3n) is 4.02. The van der Waals surface area contributed by atoms with Gasteiger partial charge in [0.15, 0.2) is 9.50 Å². The van der Waals surface area contributed by atoms with Gasteiger partial charge in [-0.2, -0.15) is 0 Å². The number of thiazole rings is 1. The van der Waals surface area contributed by atoms with Crippen LogP contribution in [0.5, 0.6) is 0 Å². The summed E-state index contributed by atoms with van der Waals surface area (Å²) in [7, 11) is 1.99. The SMILES string of the molecule is Cn1c(CSc2nc3ccccc3s2)nnc1Sc1ccnc(C(C)(C)C)n1. The summed E-state index contributed by atoms with van der Waals surface area (Å²) in [4.78, 5) is 13.7. The smallest absolute Gasteiger partial charge is 0.197 e. The summed E-state index contributed by atoms with van der Waals surface area (Å²) in [6, 6.07) is 10.1. The monoisotopic (exact) mass is 428 g/mol. The predicted octanol–water partition coefficient (Wildman–Crippen LogP) is 4.96. The van der Waals surface area contributed by atoms with E-state index in [-0.39, 0.29) is 5.41 Å². The third-order valence-corrected chi connectivity index (χ3v) is 7.17. The zero-order valence-electron chi connectivity index (χ0n) is 16.1. The summed E-state index contributed by atoms with van der Waals surface area (Å²) in [5.41, 5.74) is 0.956. The van der Waals surface area contributed by atoms with E-state index >= 15 is 0 Å². The highest BCUT2D eigenvalue weighted by atomic mass is 32.2. The Morgan fingerprint density at radius 1 is 1.07 bits per heavy atom. The first kappa shape index (κ1) is 19.4. The van der Waals surface area contributed by atoms with Gasteiger partial charge in [-0.15, -0.1) is 21.5 Å². The number of benzene rings is 1. The van der Waals surface area contributed by atoms with E-state index in [1.807, 2.05) is 35.9 Å². The van der Waals surface area contributed by atoms with Gasteiger partial charge < -0.3 is 4.57 Å². The van der Waals surface area contributed by atoms with Crippen LogP contribution in [-0.2, 0) is 18.2 Å². The molecule has 0 atom stereocenters. The highest BCUT2D eigenvalue weighted by molar-refractivity contribution is 8.00. The van der Waals surface area contributed by atoms with Crippen LogP contribution in [0, 0.1) is 0 Å². The summed E-state index contributed by atoms with van der Waals surface area (Å²) >= 11 is 4.90. The van der Waals surface area contributed by atoms with Gasteiger partial charge in [0.25, 0.3) is 0 Å². The Balaban J connectivity index is 1.47. The van der Waals surface area contributed by atoms with E-state index in [1.54, 1.807) is 29.3 Å². The van der Waals surface area contributed by atoms with Crippen molar-refractivity contribution in [2.24, 2.45) is 7.05 Å². The van der Waals surface area contributed by atoms with E-state index in [9.17, 15) is 0 Å². The lowest BCUT2D eigenvalue weighted by Crippen LogP contribution is -2.15. The van der Waals surface area contributed by atoms with Gasteiger partial charge in [-0.3, -0.25) is 0 Å². The van der Waals surface area contributed by atoms with E-state index in [0.717, 1.165) is 37.4 Å². The summed E-state index contributed by atoms with van der Waals surface area (Å²) in [6.45, 7) is 6.32. The number of nitrogens with zero attached hydrogens (tertiary/aromatic N) is 6. The Labute approximate surface area is 176 Å². The molecule has 0 N–H and O–H groups in total. The molecular formula is C19H20N6S3. The van der Waals surface area contributed by atoms with Crippen LogP contribution >= 0.6 is 34.9 Å². The van der Waals surface area contributed by atoms with Gasteiger partial charge in [-0.1, -0.05) is 44.7 Å². The van der Waals surface area contributed by atoms with Crippen LogP contribution in [0.4, 0.5) is 0 Å². The van der Waals surface area contributed by atoms with E-state index in [0.29, 0.717) is 0 Å². The van der Waals surface area contributed by atoms with Crippen LogP contribution in [-0.4, -0.2) is 29.7 Å². The zero-order chi connectivity index (χ0) is 19.7. The van der Waals surface area contributed by atoms with Gasteiger partial charge in [0, 0.05) is 18.7 Å². The van der Waals surface area contributed by atoms with Crippen molar-refractivity contribution in [2.45, 2.75) is 46.5 Å². The van der Waals surface area contributed by atoms with Crippen LogP contribution < -0.4 is 0 Å². The fourth-order valence-corrected chi connectivity index (χ4v) is 5.27. The molecule has 0 saturated carbocycles. The highest BCUT2D eigenvalue weighted by Crippen LogP contribution is 2.32. The quantitative estimate of drug-likeness (QED) is 0.329. The minimum absolute atomic E-state index is 0.0878. The first-order chi connectivity index (χ1) is 13.4. The number of hydrogen-bond donors (Lipinski definition) is 0. The maximum atomic E-state index is 4.67. The number of hydrogen-bond acceptors (Lipinski definition) is 8. The molecule has 0 amide bonds. The molecule has 0 saturated heterocycles. The summed E-state index contributed by atoms with van der Waals surface area (Å²) < 4.78 is 4.27. The lowest BCUT2D eigenvalue weighted by atomic mass is 9.96. The van der Waals surface area contributed by atoms with Gasteiger partial charge in [-0.25, -0.2) is 15.0 Å². The van der Waals surface area contributed by atoms with Crippen molar-refractivity contribution in [3.05, 3.63) is 48.2 Å². The van der Waals surface area contributed by atoms with Gasteiger partial charge in [0.1, 0.15) is 16.7 Å². The molecule has 0 aliphatic carbocycles. The molecule has 0 spiro atoms. The molecule has 0 radical (unpaired) electrons. The Bertz CT molecular complexity index is 1080. The molecule has 0 unspecified atom stereocenters. The van der Waals surface area contributed by atoms with Crippen LogP contribution in [0.1, 0.15) is 32.4 Å². The molecule has 1 aromatic carbocycles. The fourth-order valence-electron chi connectivity index (χ4n) is 2.45. The van der Waals surface area contributed by atoms with Crippen molar-refractivity contribution in [3.8, 4) is 0 Å². The van der Waals surface area contributed by atoms with Crippen LogP contribution in [0.3, 0.4) is 0 Å². The summed E-state index contributed by atoms with van der Waals surface area (Å²) in [5, 5.41) is 10.4. The maximum absolute atomic E-state index is 4.67. The van der Waals surface area contributed by atoms with E-state index in [2.05, 4.69) is 52.0 Å². The van der Waals surface area contributed by atoms with Crippen molar-refractivity contribution in [3.63, 3.8) is 0 Å². The zero-order valence-corrected chi connectivity index (χ0v) is 18.5. The Hall–Kier alpha value is -1.97. The summed E-state index contributed by atoms with van der Waals surface area (Å²) in [6.07, 6.45) is 1.80. The van der Waals surface area contributed by atoms with Crippen molar-refractivity contribution in [2.75, 3.05) is 0 Å². The number of fused-ring (bicyclic) bond motifs is 1. The first-order valence-electron chi connectivity index (χ1n) is 8.78. The highest BCUT2D eigenvalue weighted by Gasteiger charge is 2.19. The third kappa shape index (κ3) is 4.21. The van der Waals surface area contributed by atoms with Gasteiger partial charge in [-0.05, 0) is 30.0 Å².